The molecule has 0 radical (unpaired) electrons. The number of nitrogens with zero attached hydrogens (tertiary/aromatic N) is 1. The van der Waals surface area contributed by atoms with Crippen molar-refractivity contribution in [2.75, 3.05) is 7.11 Å². The highest BCUT2D eigenvalue weighted by Crippen LogP contribution is 2.36. The van der Waals surface area contributed by atoms with Crippen LogP contribution in [-0.4, -0.2) is 24.8 Å². The summed E-state index contributed by atoms with van der Waals surface area (Å²) in [6.45, 7) is 3.51. The number of unbranched alkanes of at least 4 members (excludes halogenated alkanes) is 2. The van der Waals surface area contributed by atoms with Crippen LogP contribution in [0.25, 0.3) is 0 Å². The Morgan fingerprint density at radius 2 is 2.10 bits per heavy atom. The monoisotopic (exact) mass is 283 g/mol. The molecule has 20 heavy (non-hydrogen) atoms. The number of oxime groups is 1. The predicted molar refractivity (Wildman–Crippen MR) is 76.2 cm³/mol. The van der Waals surface area contributed by atoms with Gasteiger partial charge in [0.05, 0.1) is 12.8 Å². The first-order valence-corrected chi connectivity index (χ1v) is 7.39. The second-order valence-electron chi connectivity index (χ2n) is 5.35. The maximum Gasteiger partial charge on any atom is 0.331 e. The molecule has 0 bridgehead atoms. The van der Waals surface area contributed by atoms with E-state index in [9.17, 15) is 9.59 Å². The summed E-state index contributed by atoms with van der Waals surface area (Å²) in [6.07, 6.45) is 6.56. The Bertz CT molecular complexity index is 365. The third kappa shape index (κ3) is 5.31. The third-order valence-electron chi connectivity index (χ3n) is 3.83. The SMILES string of the molecule is CCCCC[C@H]1/C(=N/OC(C)=O)CC[C@H]1CC(=O)OC. The fourth-order valence-electron chi connectivity index (χ4n) is 2.79. The number of rotatable bonds is 7. The molecule has 0 heterocycles. The summed E-state index contributed by atoms with van der Waals surface area (Å²) < 4.78 is 4.76. The topological polar surface area (TPSA) is 65.0 Å². The summed E-state index contributed by atoms with van der Waals surface area (Å²) in [6, 6.07) is 0. The number of hydrogen-bond acceptors (Lipinski definition) is 5. The third-order valence-corrected chi connectivity index (χ3v) is 3.83. The summed E-state index contributed by atoms with van der Waals surface area (Å²) in [7, 11) is 1.41. The number of carbonyl (C=O) groups excluding carboxylic acids is 2. The van der Waals surface area contributed by atoms with Gasteiger partial charge >= 0.3 is 11.9 Å². The van der Waals surface area contributed by atoms with Crippen LogP contribution in [0.3, 0.4) is 0 Å². The molecule has 0 amide bonds. The molecule has 1 aliphatic carbocycles. The van der Waals surface area contributed by atoms with Crippen LogP contribution in [0.4, 0.5) is 0 Å². The van der Waals surface area contributed by atoms with Gasteiger partial charge in [0.25, 0.3) is 0 Å². The molecule has 5 heteroatoms. The molecule has 1 aliphatic rings. The van der Waals surface area contributed by atoms with Gasteiger partial charge in [0.15, 0.2) is 0 Å². The van der Waals surface area contributed by atoms with E-state index in [2.05, 4.69) is 12.1 Å². The van der Waals surface area contributed by atoms with Gasteiger partial charge < -0.3 is 9.57 Å². The van der Waals surface area contributed by atoms with E-state index in [1.54, 1.807) is 0 Å². The molecule has 0 aromatic heterocycles. The zero-order valence-electron chi connectivity index (χ0n) is 12.7. The zero-order valence-corrected chi connectivity index (χ0v) is 12.7. The highest BCUT2D eigenvalue weighted by atomic mass is 16.7. The Kier molecular flexibility index (Phi) is 7.26. The van der Waals surface area contributed by atoms with E-state index in [0.29, 0.717) is 6.42 Å². The molecule has 0 aromatic carbocycles. The summed E-state index contributed by atoms with van der Waals surface area (Å²) in [5, 5.41) is 3.98. The molecule has 1 saturated carbocycles. The minimum absolute atomic E-state index is 0.177. The maximum atomic E-state index is 11.5. The van der Waals surface area contributed by atoms with Crippen LogP contribution in [0.1, 0.15) is 58.8 Å². The van der Waals surface area contributed by atoms with Gasteiger partial charge in [-0.05, 0) is 25.2 Å². The van der Waals surface area contributed by atoms with Crippen molar-refractivity contribution >= 4 is 17.7 Å². The molecular formula is C15H25NO4. The number of hydrogen-bond donors (Lipinski definition) is 0. The lowest BCUT2D eigenvalue weighted by Gasteiger charge is -2.18. The molecule has 114 valence electrons. The van der Waals surface area contributed by atoms with Crippen molar-refractivity contribution < 1.29 is 19.2 Å². The average molecular weight is 283 g/mol. The van der Waals surface area contributed by atoms with Crippen LogP contribution in [0, 0.1) is 11.8 Å². The summed E-state index contributed by atoms with van der Waals surface area (Å²) in [5.74, 6) is -0.0842. The van der Waals surface area contributed by atoms with Gasteiger partial charge in [0.2, 0.25) is 0 Å². The van der Waals surface area contributed by atoms with E-state index >= 15 is 0 Å². The van der Waals surface area contributed by atoms with Crippen LogP contribution >= 0.6 is 0 Å². The largest absolute Gasteiger partial charge is 0.469 e. The Morgan fingerprint density at radius 3 is 2.70 bits per heavy atom. The van der Waals surface area contributed by atoms with Crippen LogP contribution in [-0.2, 0) is 19.2 Å². The first kappa shape index (κ1) is 16.7. The van der Waals surface area contributed by atoms with E-state index in [1.165, 1.54) is 20.5 Å². The molecule has 0 aromatic rings. The number of ether oxygens (including phenoxy) is 1. The normalized spacial score (nSPS) is 23.9. The van der Waals surface area contributed by atoms with Gasteiger partial charge in [-0.3, -0.25) is 4.79 Å². The molecule has 0 unspecified atom stereocenters. The second kappa shape index (κ2) is 8.72. The fourth-order valence-corrected chi connectivity index (χ4v) is 2.79. The molecule has 0 spiro atoms. The maximum absolute atomic E-state index is 11.5. The standard InChI is InChI=1S/C15H25NO4/c1-4-5-6-7-13-12(10-15(18)19-3)8-9-14(13)16-20-11(2)17/h12-13H,4-10H2,1-3H3/b16-14+/t12-,13+/m0/s1. The second-order valence-corrected chi connectivity index (χ2v) is 5.35. The summed E-state index contributed by atoms with van der Waals surface area (Å²) in [4.78, 5) is 27.1. The van der Waals surface area contributed by atoms with E-state index in [4.69, 9.17) is 9.57 Å². The van der Waals surface area contributed by atoms with E-state index < -0.39 is 5.97 Å². The molecule has 5 nitrogen and oxygen atoms in total. The minimum Gasteiger partial charge on any atom is -0.469 e. The Balaban J connectivity index is 2.67. The van der Waals surface area contributed by atoms with Crippen LogP contribution in [0.15, 0.2) is 5.16 Å². The first-order chi connectivity index (χ1) is 9.58. The quantitative estimate of drug-likeness (QED) is 0.312. The Labute approximate surface area is 120 Å². The van der Waals surface area contributed by atoms with Gasteiger partial charge in [-0.1, -0.05) is 31.3 Å². The molecule has 0 N–H and O–H groups in total. The Morgan fingerprint density at radius 1 is 1.35 bits per heavy atom. The van der Waals surface area contributed by atoms with Crippen molar-refractivity contribution in [2.45, 2.75) is 58.8 Å². The van der Waals surface area contributed by atoms with Crippen molar-refractivity contribution in [3.05, 3.63) is 0 Å². The van der Waals surface area contributed by atoms with Gasteiger partial charge in [-0.25, -0.2) is 4.79 Å². The highest BCUT2D eigenvalue weighted by molar-refractivity contribution is 5.89. The van der Waals surface area contributed by atoms with Gasteiger partial charge in [0.1, 0.15) is 0 Å². The van der Waals surface area contributed by atoms with Crippen molar-refractivity contribution in [3.63, 3.8) is 0 Å². The van der Waals surface area contributed by atoms with Crippen molar-refractivity contribution in [2.24, 2.45) is 17.0 Å². The molecule has 0 saturated heterocycles. The van der Waals surface area contributed by atoms with E-state index in [-0.39, 0.29) is 17.8 Å². The first-order valence-electron chi connectivity index (χ1n) is 7.39. The lowest BCUT2D eigenvalue weighted by Crippen LogP contribution is -2.19. The lowest BCUT2D eigenvalue weighted by atomic mass is 9.87. The van der Waals surface area contributed by atoms with E-state index in [1.807, 2.05) is 0 Å². The van der Waals surface area contributed by atoms with Gasteiger partial charge in [0, 0.05) is 19.3 Å². The summed E-state index contributed by atoms with van der Waals surface area (Å²) in [5.41, 5.74) is 0.921. The minimum atomic E-state index is -0.402. The molecular weight excluding hydrogens is 258 g/mol. The Hall–Kier alpha value is -1.39. The van der Waals surface area contributed by atoms with Crippen LogP contribution < -0.4 is 0 Å². The molecule has 1 fully saturated rings. The van der Waals surface area contributed by atoms with Crippen molar-refractivity contribution in [1.82, 2.24) is 0 Å². The lowest BCUT2D eigenvalue weighted by molar-refractivity contribution is -0.142. The zero-order chi connectivity index (χ0) is 15.0. The van der Waals surface area contributed by atoms with Gasteiger partial charge in [-0.2, -0.15) is 0 Å². The smallest absolute Gasteiger partial charge is 0.331 e. The van der Waals surface area contributed by atoms with Crippen LogP contribution in [0.5, 0.6) is 0 Å². The van der Waals surface area contributed by atoms with Crippen molar-refractivity contribution in [3.8, 4) is 0 Å². The predicted octanol–water partition coefficient (Wildman–Crippen LogP) is 3.08. The van der Waals surface area contributed by atoms with Crippen LogP contribution in [0.2, 0.25) is 0 Å². The van der Waals surface area contributed by atoms with E-state index in [0.717, 1.165) is 37.8 Å². The summed E-state index contributed by atoms with van der Waals surface area (Å²) >= 11 is 0. The molecule has 1 rings (SSSR count). The number of carbonyl (C=O) groups is 2. The number of methoxy groups -OCH3 is 1. The molecule has 2 atom stereocenters. The van der Waals surface area contributed by atoms with Gasteiger partial charge in [-0.15, -0.1) is 0 Å². The fraction of sp³-hybridized carbons (Fsp3) is 0.800. The molecule has 0 aliphatic heterocycles. The number of esters is 1. The average Bonchev–Trinajstić information content (AvgIpc) is 2.79. The van der Waals surface area contributed by atoms with Crippen molar-refractivity contribution in [1.29, 1.82) is 0 Å². The highest BCUT2D eigenvalue weighted by Gasteiger charge is 2.34.